The van der Waals surface area contributed by atoms with E-state index >= 15 is 0 Å². The molecule has 21 heavy (non-hydrogen) atoms. The Balaban J connectivity index is 1.60. The summed E-state index contributed by atoms with van der Waals surface area (Å²) >= 11 is 5.90. The maximum Gasteiger partial charge on any atom is 0.0586 e. The predicted octanol–water partition coefficient (Wildman–Crippen LogP) is 3.23. The fourth-order valence-corrected chi connectivity index (χ4v) is 3.15. The molecule has 4 heteroatoms. The lowest BCUT2D eigenvalue weighted by molar-refractivity contribution is 0.157. The van der Waals surface area contributed by atoms with Gasteiger partial charge in [0.25, 0.3) is 0 Å². The molecule has 0 aromatic heterocycles. The van der Waals surface area contributed by atoms with Crippen LogP contribution in [0.2, 0.25) is 5.02 Å². The monoisotopic (exact) mass is 310 g/mol. The summed E-state index contributed by atoms with van der Waals surface area (Å²) in [6, 6.07) is 8.81. The second-order valence-corrected chi connectivity index (χ2v) is 6.39. The first-order valence-corrected chi connectivity index (χ1v) is 8.42. The highest BCUT2D eigenvalue weighted by Crippen LogP contribution is 2.18. The van der Waals surface area contributed by atoms with Gasteiger partial charge in [-0.3, -0.25) is 4.90 Å². The molecule has 3 nitrogen and oxygen atoms in total. The smallest absolute Gasteiger partial charge is 0.0586 e. The molecule has 0 saturated carbocycles. The van der Waals surface area contributed by atoms with E-state index in [1.54, 1.807) is 0 Å². The van der Waals surface area contributed by atoms with Crippen LogP contribution in [0.4, 0.5) is 0 Å². The van der Waals surface area contributed by atoms with Crippen LogP contribution < -0.4 is 5.32 Å². The molecule has 2 rings (SSSR count). The Hall–Kier alpha value is -0.610. The second-order valence-electron chi connectivity index (χ2n) is 5.95. The fourth-order valence-electron chi connectivity index (χ4n) is 3.02. The van der Waals surface area contributed by atoms with Gasteiger partial charge in [0, 0.05) is 17.1 Å². The van der Waals surface area contributed by atoms with Crippen molar-refractivity contribution >= 4 is 11.6 Å². The Bertz CT molecular complexity index is 410. The molecule has 0 amide bonds. The van der Waals surface area contributed by atoms with E-state index in [4.69, 9.17) is 11.6 Å². The molecule has 0 spiro atoms. The molecule has 2 N–H and O–H groups in total. The van der Waals surface area contributed by atoms with Gasteiger partial charge < -0.3 is 10.4 Å². The van der Waals surface area contributed by atoms with Crippen molar-refractivity contribution in [2.75, 3.05) is 26.2 Å². The first kappa shape index (κ1) is 16.8. The third-order valence-corrected chi connectivity index (χ3v) is 4.65. The van der Waals surface area contributed by atoms with Gasteiger partial charge in [0.05, 0.1) is 6.61 Å². The molecule has 118 valence electrons. The van der Waals surface area contributed by atoms with Crippen LogP contribution in [0.25, 0.3) is 0 Å². The van der Waals surface area contributed by atoms with Crippen LogP contribution in [0.1, 0.15) is 44.2 Å². The van der Waals surface area contributed by atoms with Gasteiger partial charge in [-0.05, 0) is 69.9 Å². The van der Waals surface area contributed by atoms with Gasteiger partial charge in [-0.1, -0.05) is 23.7 Å². The number of aliphatic hydroxyl groups is 1. The topological polar surface area (TPSA) is 35.5 Å². The van der Waals surface area contributed by atoms with Gasteiger partial charge >= 0.3 is 0 Å². The van der Waals surface area contributed by atoms with Crippen molar-refractivity contribution in [1.82, 2.24) is 10.2 Å². The molecule has 0 aliphatic carbocycles. The van der Waals surface area contributed by atoms with E-state index in [2.05, 4.69) is 29.3 Å². The lowest BCUT2D eigenvalue weighted by Crippen LogP contribution is -2.33. The van der Waals surface area contributed by atoms with Crippen molar-refractivity contribution in [1.29, 1.82) is 0 Å². The summed E-state index contributed by atoms with van der Waals surface area (Å²) in [7, 11) is 0. The van der Waals surface area contributed by atoms with Crippen LogP contribution >= 0.6 is 11.6 Å². The van der Waals surface area contributed by atoms with E-state index in [0.717, 1.165) is 31.1 Å². The zero-order valence-electron chi connectivity index (χ0n) is 12.9. The average Bonchev–Trinajstić information content (AvgIpc) is 2.95. The van der Waals surface area contributed by atoms with Crippen LogP contribution in [-0.2, 0) is 0 Å². The normalized spacial score (nSPS) is 20.8. The Labute approximate surface area is 133 Å². The lowest BCUT2D eigenvalue weighted by atomic mass is 10.1. The molecule has 1 saturated heterocycles. The Morgan fingerprint density at radius 2 is 2.10 bits per heavy atom. The highest BCUT2D eigenvalue weighted by atomic mass is 35.5. The number of hydrogen-bond donors (Lipinski definition) is 2. The highest BCUT2D eigenvalue weighted by Gasteiger charge is 2.22. The zero-order valence-corrected chi connectivity index (χ0v) is 13.6. The van der Waals surface area contributed by atoms with Crippen LogP contribution in [-0.4, -0.2) is 42.3 Å². The van der Waals surface area contributed by atoms with Crippen LogP contribution in [0, 0.1) is 0 Å². The molecular formula is C17H27ClN2O. The number of unbranched alkanes of at least 4 members (excludes halogenated alkanes) is 1. The summed E-state index contributed by atoms with van der Waals surface area (Å²) in [6.07, 6.45) is 4.75. The molecule has 1 aromatic rings. The summed E-state index contributed by atoms with van der Waals surface area (Å²) in [5.41, 5.74) is 1.28. The highest BCUT2D eigenvalue weighted by molar-refractivity contribution is 6.30. The van der Waals surface area contributed by atoms with Gasteiger partial charge in [0.2, 0.25) is 0 Å². The quantitative estimate of drug-likeness (QED) is 0.724. The molecule has 2 unspecified atom stereocenters. The first-order chi connectivity index (χ1) is 10.2. The van der Waals surface area contributed by atoms with Crippen LogP contribution in [0.5, 0.6) is 0 Å². The van der Waals surface area contributed by atoms with Crippen LogP contribution in [0.15, 0.2) is 24.3 Å². The van der Waals surface area contributed by atoms with Crippen molar-refractivity contribution < 1.29 is 5.11 Å². The number of nitrogens with one attached hydrogen (secondary N) is 1. The Morgan fingerprint density at radius 3 is 2.81 bits per heavy atom. The number of rotatable bonds is 8. The van der Waals surface area contributed by atoms with Crippen molar-refractivity contribution in [3.63, 3.8) is 0 Å². The summed E-state index contributed by atoms with van der Waals surface area (Å²) in [4.78, 5) is 2.43. The number of aliphatic hydroxyl groups excluding tert-OH is 1. The molecule has 1 aromatic carbocycles. The van der Waals surface area contributed by atoms with Gasteiger partial charge in [-0.2, -0.15) is 0 Å². The lowest BCUT2D eigenvalue weighted by Gasteiger charge is -2.22. The maximum absolute atomic E-state index is 9.29. The SMILES string of the molecule is CC(NCCCCN1CCCC1CO)c1ccc(Cl)cc1. The number of likely N-dealkylation sites (tertiary alicyclic amines) is 1. The van der Waals surface area contributed by atoms with Crippen molar-refractivity contribution in [2.45, 2.75) is 44.7 Å². The largest absolute Gasteiger partial charge is 0.395 e. The van der Waals surface area contributed by atoms with Gasteiger partial charge in [0.15, 0.2) is 0 Å². The van der Waals surface area contributed by atoms with Crippen LogP contribution in [0.3, 0.4) is 0 Å². The minimum atomic E-state index is 0.311. The van der Waals surface area contributed by atoms with E-state index in [0.29, 0.717) is 18.7 Å². The van der Waals surface area contributed by atoms with E-state index < -0.39 is 0 Å². The van der Waals surface area contributed by atoms with Gasteiger partial charge in [-0.25, -0.2) is 0 Å². The first-order valence-electron chi connectivity index (χ1n) is 8.04. The van der Waals surface area contributed by atoms with Crippen molar-refractivity contribution in [3.05, 3.63) is 34.9 Å². The minimum Gasteiger partial charge on any atom is -0.395 e. The summed E-state index contributed by atoms with van der Waals surface area (Å²) in [5, 5.41) is 13.6. The zero-order chi connectivity index (χ0) is 15.1. The standard InChI is InChI=1S/C17H27ClN2O/c1-14(15-6-8-16(18)9-7-15)19-10-2-3-11-20-12-4-5-17(20)13-21/h6-9,14,17,19,21H,2-5,10-13H2,1H3. The molecule has 1 aliphatic rings. The average molecular weight is 311 g/mol. The third kappa shape index (κ3) is 5.26. The van der Waals surface area contributed by atoms with Gasteiger partial charge in [0.1, 0.15) is 0 Å². The van der Waals surface area contributed by atoms with E-state index in [1.165, 1.54) is 24.8 Å². The molecule has 0 radical (unpaired) electrons. The maximum atomic E-state index is 9.29. The van der Waals surface area contributed by atoms with Gasteiger partial charge in [-0.15, -0.1) is 0 Å². The molecule has 0 bridgehead atoms. The predicted molar refractivity (Wildman–Crippen MR) is 88.8 cm³/mol. The van der Waals surface area contributed by atoms with Crippen molar-refractivity contribution in [2.24, 2.45) is 0 Å². The minimum absolute atomic E-state index is 0.311. The number of halogens is 1. The summed E-state index contributed by atoms with van der Waals surface area (Å²) in [6.45, 7) is 5.79. The van der Waals surface area contributed by atoms with E-state index in [9.17, 15) is 5.11 Å². The second kappa shape index (κ2) is 8.74. The Kier molecular flexibility index (Phi) is 6.97. The summed E-state index contributed by atoms with van der Waals surface area (Å²) in [5.74, 6) is 0. The summed E-state index contributed by atoms with van der Waals surface area (Å²) < 4.78 is 0. The number of nitrogens with zero attached hydrogens (tertiary/aromatic N) is 1. The molecule has 1 aliphatic heterocycles. The fraction of sp³-hybridized carbons (Fsp3) is 0.647. The number of hydrogen-bond acceptors (Lipinski definition) is 3. The molecule has 2 atom stereocenters. The number of benzene rings is 1. The Morgan fingerprint density at radius 1 is 1.33 bits per heavy atom. The molecule has 1 fully saturated rings. The van der Waals surface area contributed by atoms with Crippen molar-refractivity contribution in [3.8, 4) is 0 Å². The van der Waals surface area contributed by atoms with E-state index in [1.807, 2.05) is 12.1 Å². The molecular weight excluding hydrogens is 284 g/mol. The molecule has 1 heterocycles. The third-order valence-electron chi connectivity index (χ3n) is 4.40. The van der Waals surface area contributed by atoms with E-state index in [-0.39, 0.29) is 0 Å².